The Bertz CT molecular complexity index is 7320. The maximum absolute atomic E-state index is 2.42. The maximum atomic E-state index is 2.42. The Kier molecular flexibility index (Phi) is 16.7. The minimum Gasteiger partial charge on any atom is -0.309 e. The number of nitrogens with zero attached hydrogens (tertiary/aromatic N) is 2. The van der Waals surface area contributed by atoms with Crippen LogP contribution >= 0.6 is 22.7 Å². The summed E-state index contributed by atoms with van der Waals surface area (Å²) in [6.45, 7) is 0. The van der Waals surface area contributed by atoms with E-state index in [-0.39, 0.29) is 0 Å². The van der Waals surface area contributed by atoms with Crippen LogP contribution in [0, 0.1) is 0 Å². The topological polar surface area (TPSA) is 9.86 Å². The molecule has 0 unspecified atom stereocenters. The molecule has 0 bridgehead atoms. The summed E-state index contributed by atoms with van der Waals surface area (Å²) in [4.78, 5) is 0. The molecule has 0 saturated carbocycles. The fraction of sp³-hybridized carbons (Fsp3) is 0. The van der Waals surface area contributed by atoms with E-state index in [0.717, 1.165) is 11.4 Å². The van der Waals surface area contributed by atoms with E-state index in [4.69, 9.17) is 0 Å². The predicted octanol–water partition coefficient (Wildman–Crippen LogP) is 31.0. The van der Waals surface area contributed by atoms with Gasteiger partial charge in [-0.15, -0.1) is 22.7 Å². The van der Waals surface area contributed by atoms with Crippen LogP contribution in [0.25, 0.3) is 207 Å². The molecule has 22 rings (SSSR count). The summed E-state index contributed by atoms with van der Waals surface area (Å²) in [7, 11) is 0. The van der Waals surface area contributed by atoms with Gasteiger partial charge >= 0.3 is 0 Å². The number of thiophene rings is 2. The summed E-state index contributed by atoms with van der Waals surface area (Å²) in [6.07, 6.45) is 0. The Labute approximate surface area is 658 Å². The van der Waals surface area contributed by atoms with Gasteiger partial charge in [-0.05, 0) is 228 Å². The Balaban J connectivity index is 0.000000141. The zero-order valence-electron chi connectivity index (χ0n) is 61.1. The van der Waals surface area contributed by atoms with E-state index in [1.54, 1.807) is 0 Å². The molecule has 0 amide bonds. The van der Waals surface area contributed by atoms with E-state index in [1.807, 2.05) is 22.7 Å². The molecule has 4 heteroatoms. The highest BCUT2D eigenvalue weighted by Crippen LogP contribution is 2.48. The Morgan fingerprint density at radius 2 is 0.402 bits per heavy atom. The molecular weight excluding hydrogens is 1390 g/mol. The van der Waals surface area contributed by atoms with Crippen molar-refractivity contribution in [3.63, 3.8) is 0 Å². The van der Waals surface area contributed by atoms with Crippen molar-refractivity contribution < 1.29 is 0 Å². The van der Waals surface area contributed by atoms with Gasteiger partial charge in [0.25, 0.3) is 0 Å². The molecule has 0 aliphatic rings. The number of hydrogen-bond donors (Lipinski definition) is 0. The highest BCUT2D eigenvalue weighted by Gasteiger charge is 2.21. The van der Waals surface area contributed by atoms with E-state index >= 15 is 0 Å². The summed E-state index contributed by atoms with van der Waals surface area (Å²) >= 11 is 3.77. The molecular formula is C108H70N2S2. The molecule has 0 aliphatic carbocycles. The fourth-order valence-corrected chi connectivity index (χ4v) is 19.4. The van der Waals surface area contributed by atoms with Gasteiger partial charge in [-0.3, -0.25) is 0 Å². The lowest BCUT2D eigenvalue weighted by Gasteiger charge is -2.15. The monoisotopic (exact) mass is 1460 g/mol. The zero-order chi connectivity index (χ0) is 74.0. The van der Waals surface area contributed by atoms with Crippen LogP contribution in [0.1, 0.15) is 0 Å². The number of hydrogen-bond acceptors (Lipinski definition) is 2. The second kappa shape index (κ2) is 28.2. The molecule has 0 atom stereocenters. The van der Waals surface area contributed by atoms with Gasteiger partial charge < -0.3 is 9.13 Å². The van der Waals surface area contributed by atoms with Crippen molar-refractivity contribution in [1.82, 2.24) is 9.13 Å². The number of fused-ring (bicyclic) bond motifs is 12. The van der Waals surface area contributed by atoms with E-state index in [2.05, 4.69) is 434 Å². The van der Waals surface area contributed by atoms with Gasteiger partial charge in [-0.2, -0.15) is 0 Å². The molecule has 0 spiro atoms. The first-order valence-corrected chi connectivity index (χ1v) is 40.0. The summed E-state index contributed by atoms with van der Waals surface area (Å²) in [6, 6.07) is 156. The molecule has 4 aromatic heterocycles. The Morgan fingerprint density at radius 1 is 0.143 bits per heavy atom. The lowest BCUT2D eigenvalue weighted by atomic mass is 9.90. The third-order valence-electron chi connectivity index (χ3n) is 22.3. The first-order chi connectivity index (χ1) is 55.5. The van der Waals surface area contributed by atoms with Gasteiger partial charge in [0.05, 0.1) is 22.1 Å². The molecule has 0 saturated heterocycles. The van der Waals surface area contributed by atoms with E-state index < -0.39 is 0 Å². The van der Waals surface area contributed by atoms with E-state index in [9.17, 15) is 0 Å². The van der Waals surface area contributed by atoms with Crippen LogP contribution in [0.5, 0.6) is 0 Å². The van der Waals surface area contributed by atoms with Crippen molar-refractivity contribution in [3.8, 4) is 123 Å². The smallest absolute Gasteiger partial charge is 0.0547 e. The van der Waals surface area contributed by atoms with Gasteiger partial charge in [-0.25, -0.2) is 0 Å². The van der Waals surface area contributed by atoms with Gasteiger partial charge in [0.1, 0.15) is 0 Å². The molecule has 4 heterocycles. The molecule has 22 aromatic rings. The number of aromatic nitrogens is 2. The number of rotatable bonds is 12. The highest BCUT2D eigenvalue weighted by molar-refractivity contribution is 7.26. The molecule has 0 fully saturated rings. The van der Waals surface area contributed by atoms with Crippen molar-refractivity contribution in [2.24, 2.45) is 0 Å². The van der Waals surface area contributed by atoms with Crippen LogP contribution in [0.3, 0.4) is 0 Å². The number of benzene rings is 18. The largest absolute Gasteiger partial charge is 0.309 e. The third kappa shape index (κ3) is 12.1. The molecule has 524 valence electrons. The molecule has 0 N–H and O–H groups in total. The first-order valence-electron chi connectivity index (χ1n) is 38.3. The quantitative estimate of drug-likeness (QED) is 0.115. The standard InChI is InChI=1S/2C54H35NS/c1-4-15-36(16-5-1)38-19-14-20-39(29-38)41-30-42(40-27-28-47-46-23-10-12-25-51(46)55(52(47)35-40)45-21-8-3-9-22-45)32-43(31-41)44-33-49(37-17-6-2-7-18-37)54-50(34-44)48-24-11-13-26-53(48)56-54;1-4-14-36(15-5-1)37-24-26-38(27-25-37)41-30-42(40-28-29-47-46-20-10-12-22-51(46)55(52(47)35-40)45-18-8-3-9-19-45)32-43(31-41)44-33-49(39-16-6-2-7-17-39)54-50(34-44)48-21-11-13-23-53(48)56-54/h2*1-35H. The fourth-order valence-electron chi connectivity index (χ4n) is 16.9. The summed E-state index contributed by atoms with van der Waals surface area (Å²) in [5, 5.41) is 10.2. The lowest BCUT2D eigenvalue weighted by molar-refractivity contribution is 1.18. The SMILES string of the molecule is c1ccc(-c2ccc(-c3cc(-c4cc(-c5ccccc5)c5sc6ccccc6c5c4)cc(-c4ccc5c6ccccc6n(-c6ccccc6)c5c4)c3)cc2)cc1.c1ccc(-c2cccc(-c3cc(-c4cc(-c5ccccc5)c5sc6ccccc6c5c4)cc(-c4ccc5c6ccccc6n(-c6ccccc6)c5c4)c3)c2)cc1. The van der Waals surface area contributed by atoms with Crippen LogP contribution in [0.4, 0.5) is 0 Å². The van der Waals surface area contributed by atoms with Gasteiger partial charge in [0.2, 0.25) is 0 Å². The van der Waals surface area contributed by atoms with E-state index in [1.165, 1.54) is 195 Å². The van der Waals surface area contributed by atoms with Crippen molar-refractivity contribution >= 4 is 107 Å². The summed E-state index contributed by atoms with van der Waals surface area (Å²) in [5.74, 6) is 0. The normalized spacial score (nSPS) is 11.6. The molecule has 0 aliphatic heterocycles. The van der Waals surface area contributed by atoms with Crippen molar-refractivity contribution in [3.05, 3.63) is 425 Å². The predicted molar refractivity (Wildman–Crippen MR) is 482 cm³/mol. The summed E-state index contributed by atoms with van der Waals surface area (Å²) in [5.41, 5.74) is 31.3. The summed E-state index contributed by atoms with van der Waals surface area (Å²) < 4.78 is 10.1. The number of para-hydroxylation sites is 4. The molecule has 112 heavy (non-hydrogen) atoms. The lowest BCUT2D eigenvalue weighted by Crippen LogP contribution is -1.93. The van der Waals surface area contributed by atoms with Crippen LogP contribution in [0.15, 0.2) is 425 Å². The van der Waals surface area contributed by atoms with Crippen LogP contribution in [0.2, 0.25) is 0 Å². The average Bonchev–Trinajstić information content (AvgIpc) is 1.62. The Morgan fingerprint density at radius 3 is 0.821 bits per heavy atom. The second-order valence-corrected chi connectivity index (χ2v) is 31.2. The zero-order valence-corrected chi connectivity index (χ0v) is 62.8. The molecule has 2 nitrogen and oxygen atoms in total. The molecule has 0 radical (unpaired) electrons. The van der Waals surface area contributed by atoms with Crippen molar-refractivity contribution in [2.75, 3.05) is 0 Å². The Hall–Kier alpha value is -14.0. The third-order valence-corrected chi connectivity index (χ3v) is 24.8. The average molecular weight is 1460 g/mol. The molecule has 18 aromatic carbocycles. The minimum absolute atomic E-state index is 1.16. The maximum Gasteiger partial charge on any atom is 0.0547 e. The van der Waals surface area contributed by atoms with Crippen molar-refractivity contribution in [2.45, 2.75) is 0 Å². The second-order valence-electron chi connectivity index (χ2n) is 29.1. The van der Waals surface area contributed by atoms with Gasteiger partial charge in [0.15, 0.2) is 0 Å². The van der Waals surface area contributed by atoms with Gasteiger partial charge in [-0.1, -0.05) is 297 Å². The van der Waals surface area contributed by atoms with Crippen LogP contribution in [-0.4, -0.2) is 9.13 Å². The minimum atomic E-state index is 1.16. The highest BCUT2D eigenvalue weighted by atomic mass is 32.1. The van der Waals surface area contributed by atoms with Crippen LogP contribution in [-0.2, 0) is 0 Å². The van der Waals surface area contributed by atoms with Gasteiger partial charge in [0, 0.05) is 84.4 Å². The first kappa shape index (κ1) is 66.2. The van der Waals surface area contributed by atoms with Crippen molar-refractivity contribution in [1.29, 1.82) is 0 Å². The van der Waals surface area contributed by atoms with Crippen LogP contribution < -0.4 is 0 Å². The van der Waals surface area contributed by atoms with E-state index in [0.29, 0.717) is 0 Å².